The summed E-state index contributed by atoms with van der Waals surface area (Å²) in [6.45, 7) is 2.64. The molecule has 0 amide bonds. The Morgan fingerprint density at radius 2 is 1.92 bits per heavy atom. The van der Waals surface area contributed by atoms with Crippen LogP contribution in [-0.2, 0) is 9.53 Å². The third kappa shape index (κ3) is 4.36. The molecule has 0 N–H and O–H groups in total. The van der Waals surface area contributed by atoms with Crippen molar-refractivity contribution in [3.05, 3.63) is 0 Å². The quantitative estimate of drug-likeness (QED) is 0.537. The summed E-state index contributed by atoms with van der Waals surface area (Å²) in [5, 5.41) is 0. The summed E-state index contributed by atoms with van der Waals surface area (Å²) in [5.74, 6) is -2.44. The van der Waals surface area contributed by atoms with Crippen molar-refractivity contribution in [3.8, 4) is 0 Å². The van der Waals surface area contributed by atoms with Gasteiger partial charge in [-0.25, -0.2) is 0 Å². The van der Waals surface area contributed by atoms with E-state index < -0.39 is 30.0 Å². The molecule has 0 fully saturated rings. The molecule has 0 aromatic heterocycles. The lowest BCUT2D eigenvalue weighted by molar-refractivity contribution is -0.230. The van der Waals surface area contributed by atoms with E-state index in [-0.39, 0.29) is 0 Å². The smallest absolute Gasteiger partial charge is 0.425 e. The van der Waals surface area contributed by atoms with Gasteiger partial charge < -0.3 is 4.74 Å². The van der Waals surface area contributed by atoms with E-state index in [1.807, 2.05) is 0 Å². The summed E-state index contributed by atoms with van der Waals surface area (Å²) < 4.78 is 40.6. The summed E-state index contributed by atoms with van der Waals surface area (Å²) in [5.41, 5.74) is 0. The summed E-state index contributed by atoms with van der Waals surface area (Å²) in [4.78, 5) is 10.5. The summed E-state index contributed by atoms with van der Waals surface area (Å²) >= 11 is 5.01. The van der Waals surface area contributed by atoms with Crippen LogP contribution < -0.4 is 0 Å². The van der Waals surface area contributed by atoms with Gasteiger partial charge >= 0.3 is 12.1 Å². The minimum atomic E-state index is -4.53. The number of carbonyl (C=O) groups excluding carboxylic acids is 1. The molecule has 0 aliphatic heterocycles. The number of hydrogen-bond donors (Lipinski definition) is 0. The normalized spacial score (nSPS) is 14.4. The van der Waals surface area contributed by atoms with E-state index in [2.05, 4.69) is 4.74 Å². The molecule has 0 saturated carbocycles. The maximum absolute atomic E-state index is 12.1. The molecule has 0 radical (unpaired) electrons. The first-order valence-corrected chi connectivity index (χ1v) is 4.14. The maximum atomic E-state index is 12.1. The molecule has 0 aliphatic carbocycles. The molecule has 0 saturated heterocycles. The summed E-state index contributed by atoms with van der Waals surface area (Å²) in [6.07, 6.45) is -6.60. The molecule has 2 nitrogen and oxygen atoms in total. The van der Waals surface area contributed by atoms with Crippen LogP contribution in [0.1, 0.15) is 13.8 Å². The van der Waals surface area contributed by atoms with Crippen LogP contribution >= 0.6 is 11.6 Å². The fourth-order valence-corrected chi connectivity index (χ4v) is 0.817. The summed E-state index contributed by atoms with van der Waals surface area (Å²) in [6, 6.07) is 0. The van der Waals surface area contributed by atoms with Crippen LogP contribution in [0.5, 0.6) is 0 Å². The van der Waals surface area contributed by atoms with E-state index in [1.165, 1.54) is 13.8 Å². The van der Waals surface area contributed by atoms with Crippen molar-refractivity contribution in [3.63, 3.8) is 0 Å². The second-order valence-corrected chi connectivity index (χ2v) is 3.10. The molecule has 6 heteroatoms. The van der Waals surface area contributed by atoms with E-state index >= 15 is 0 Å². The number of alkyl halides is 4. The number of carbonyl (C=O) groups is 1. The molecular weight excluding hydrogens is 209 g/mol. The third-order valence-corrected chi connectivity index (χ3v) is 1.51. The Kier molecular flexibility index (Phi) is 4.53. The van der Waals surface area contributed by atoms with Gasteiger partial charge in [0.1, 0.15) is 5.88 Å². The Hall–Kier alpha value is -0.450. The van der Waals surface area contributed by atoms with Crippen LogP contribution in [0, 0.1) is 5.92 Å². The second kappa shape index (κ2) is 4.69. The second-order valence-electron chi connectivity index (χ2n) is 2.83. The van der Waals surface area contributed by atoms with Crippen LogP contribution in [0.25, 0.3) is 0 Å². The summed E-state index contributed by atoms with van der Waals surface area (Å²) in [7, 11) is 0. The lowest BCUT2D eigenvalue weighted by Gasteiger charge is -2.23. The average molecular weight is 219 g/mol. The average Bonchev–Trinajstić information content (AvgIpc) is 1.96. The van der Waals surface area contributed by atoms with Crippen molar-refractivity contribution in [2.45, 2.75) is 26.1 Å². The monoisotopic (exact) mass is 218 g/mol. The molecule has 0 aromatic rings. The van der Waals surface area contributed by atoms with Gasteiger partial charge in [-0.3, -0.25) is 4.79 Å². The highest BCUT2D eigenvalue weighted by Gasteiger charge is 2.44. The molecule has 0 aromatic carbocycles. The van der Waals surface area contributed by atoms with Gasteiger partial charge in [0.2, 0.25) is 0 Å². The highest BCUT2D eigenvalue weighted by molar-refractivity contribution is 6.26. The van der Waals surface area contributed by atoms with E-state index in [0.717, 1.165) is 0 Å². The van der Waals surface area contributed by atoms with Crippen LogP contribution in [0.3, 0.4) is 0 Å². The topological polar surface area (TPSA) is 26.3 Å². The number of esters is 1. The lowest BCUT2D eigenvalue weighted by atomic mass is 10.1. The first kappa shape index (κ1) is 12.6. The molecule has 0 aliphatic rings. The Bertz CT molecular complexity index is 179. The lowest BCUT2D eigenvalue weighted by Crippen LogP contribution is -2.38. The molecular formula is C7H10ClF3O2. The fourth-order valence-electron chi connectivity index (χ4n) is 0.754. The predicted octanol–water partition coefficient (Wildman–Crippen LogP) is 2.36. The van der Waals surface area contributed by atoms with Crippen LogP contribution in [0.15, 0.2) is 0 Å². The number of ether oxygens (including phenoxy) is 1. The minimum Gasteiger partial charge on any atom is -0.452 e. The van der Waals surface area contributed by atoms with E-state index in [4.69, 9.17) is 11.6 Å². The van der Waals surface area contributed by atoms with Gasteiger partial charge in [0, 0.05) is 0 Å². The highest BCUT2D eigenvalue weighted by atomic mass is 35.5. The molecule has 0 heterocycles. The molecule has 13 heavy (non-hydrogen) atoms. The van der Waals surface area contributed by atoms with E-state index in [1.54, 1.807) is 0 Å². The van der Waals surface area contributed by atoms with Gasteiger partial charge in [0.15, 0.2) is 6.10 Å². The Morgan fingerprint density at radius 1 is 1.46 bits per heavy atom. The third-order valence-electron chi connectivity index (χ3n) is 1.30. The van der Waals surface area contributed by atoms with Gasteiger partial charge in [-0.15, -0.1) is 11.6 Å². The number of hydrogen-bond acceptors (Lipinski definition) is 2. The zero-order chi connectivity index (χ0) is 10.6. The first-order valence-electron chi connectivity index (χ1n) is 3.61. The van der Waals surface area contributed by atoms with Gasteiger partial charge in [-0.05, 0) is 5.92 Å². The molecule has 78 valence electrons. The fraction of sp³-hybridized carbons (Fsp3) is 0.857. The first-order chi connectivity index (χ1) is 5.79. The van der Waals surface area contributed by atoms with Crippen LogP contribution in [0.2, 0.25) is 0 Å². The molecule has 0 rings (SSSR count). The zero-order valence-corrected chi connectivity index (χ0v) is 7.95. The van der Waals surface area contributed by atoms with E-state index in [0.29, 0.717) is 0 Å². The molecule has 1 atom stereocenters. The highest BCUT2D eigenvalue weighted by Crippen LogP contribution is 2.28. The molecule has 0 spiro atoms. The van der Waals surface area contributed by atoms with Crippen LogP contribution in [-0.4, -0.2) is 24.1 Å². The van der Waals surface area contributed by atoms with Gasteiger partial charge in [-0.1, -0.05) is 13.8 Å². The Balaban J connectivity index is 4.36. The SMILES string of the molecule is CC(C)C(OC(=O)CCl)C(F)(F)F. The van der Waals surface area contributed by atoms with Crippen molar-refractivity contribution in [2.75, 3.05) is 5.88 Å². The van der Waals surface area contributed by atoms with E-state index in [9.17, 15) is 18.0 Å². The van der Waals surface area contributed by atoms with Gasteiger partial charge in [0.25, 0.3) is 0 Å². The number of rotatable bonds is 3. The minimum absolute atomic E-state index is 0.570. The molecule has 0 bridgehead atoms. The van der Waals surface area contributed by atoms with Crippen molar-refractivity contribution >= 4 is 17.6 Å². The zero-order valence-electron chi connectivity index (χ0n) is 7.19. The molecule has 1 unspecified atom stereocenters. The number of halogens is 4. The van der Waals surface area contributed by atoms with Crippen molar-refractivity contribution in [1.82, 2.24) is 0 Å². The van der Waals surface area contributed by atoms with Crippen LogP contribution in [0.4, 0.5) is 13.2 Å². The largest absolute Gasteiger partial charge is 0.452 e. The maximum Gasteiger partial charge on any atom is 0.425 e. The Labute approximate surface area is 79.0 Å². The predicted molar refractivity (Wildman–Crippen MR) is 41.5 cm³/mol. The van der Waals surface area contributed by atoms with Gasteiger partial charge in [0.05, 0.1) is 0 Å². The van der Waals surface area contributed by atoms with Crippen molar-refractivity contribution in [1.29, 1.82) is 0 Å². The van der Waals surface area contributed by atoms with Gasteiger partial charge in [-0.2, -0.15) is 13.2 Å². The Morgan fingerprint density at radius 3 is 2.15 bits per heavy atom. The van der Waals surface area contributed by atoms with Crippen molar-refractivity contribution in [2.24, 2.45) is 5.92 Å². The van der Waals surface area contributed by atoms with Crippen molar-refractivity contribution < 1.29 is 22.7 Å². The standard InChI is InChI=1S/C7H10ClF3O2/c1-4(2)6(7(9,10)11)13-5(12)3-8/h4,6H,3H2,1-2H3.